The normalized spacial score (nSPS) is 28.0. The first-order valence-electron chi connectivity index (χ1n) is 12.3. The number of hydrogen-bond acceptors (Lipinski definition) is 8. The zero-order valence-electron chi connectivity index (χ0n) is 20.0. The summed E-state index contributed by atoms with van der Waals surface area (Å²) in [5, 5.41) is 13.7. The van der Waals surface area contributed by atoms with E-state index in [2.05, 4.69) is 45.0 Å². The van der Waals surface area contributed by atoms with E-state index >= 15 is 0 Å². The van der Waals surface area contributed by atoms with Crippen molar-refractivity contribution in [3.63, 3.8) is 0 Å². The Kier molecular flexibility index (Phi) is 8.03. The smallest absolute Gasteiger partial charge is 0.229 e. The molecule has 0 aromatic heterocycles. The fourth-order valence-corrected chi connectivity index (χ4v) is 4.94. The van der Waals surface area contributed by atoms with Crippen LogP contribution in [0.2, 0.25) is 0 Å². The van der Waals surface area contributed by atoms with Crippen LogP contribution in [0.3, 0.4) is 0 Å². The number of nitrogens with one attached hydrogen (secondary N) is 4. The Morgan fingerprint density at radius 2 is 2.03 bits per heavy atom. The third kappa shape index (κ3) is 6.35. The summed E-state index contributed by atoms with van der Waals surface area (Å²) in [6.45, 7) is 7.61. The molecule has 9 heteroatoms. The molecule has 1 saturated heterocycles. The minimum Gasteiger partial charge on any atom is -0.494 e. The molecule has 2 aliphatic heterocycles. The Hall–Kier alpha value is -2.39. The molecule has 0 amide bonds. The number of rotatable bonds is 7. The average molecular weight is 460 g/mol. The maximum absolute atomic E-state index is 14.2. The van der Waals surface area contributed by atoms with Crippen LogP contribution < -0.4 is 26.0 Å². The highest BCUT2D eigenvalue weighted by Crippen LogP contribution is 2.24. The van der Waals surface area contributed by atoms with Crippen molar-refractivity contribution in [2.45, 2.75) is 70.7 Å². The van der Waals surface area contributed by atoms with Crippen LogP contribution in [0, 0.1) is 11.7 Å². The third-order valence-electron chi connectivity index (χ3n) is 6.96. The monoisotopic (exact) mass is 459 g/mol. The number of halogens is 1. The molecule has 2 heterocycles. The summed E-state index contributed by atoms with van der Waals surface area (Å²) < 4.78 is 19.2. The van der Waals surface area contributed by atoms with Crippen LogP contribution in [0.15, 0.2) is 28.2 Å². The molecule has 2 atom stereocenters. The van der Waals surface area contributed by atoms with Crippen molar-refractivity contribution >= 4 is 17.6 Å². The van der Waals surface area contributed by atoms with Gasteiger partial charge in [-0.25, -0.2) is 9.38 Å². The van der Waals surface area contributed by atoms with E-state index in [0.717, 1.165) is 38.4 Å². The topological polar surface area (TPSA) is 85.3 Å². The lowest BCUT2D eigenvalue weighted by molar-refractivity contribution is 0.252. The number of nitrogens with zero attached hydrogens (tertiary/aromatic N) is 3. The molecule has 3 aliphatic rings. The zero-order chi connectivity index (χ0) is 23.2. The second-order valence-electron chi connectivity index (χ2n) is 9.37. The first-order chi connectivity index (χ1) is 16.0. The van der Waals surface area contributed by atoms with Gasteiger partial charge in [-0.05, 0) is 69.7 Å². The summed E-state index contributed by atoms with van der Waals surface area (Å²) in [5.74, 6) is 1.72. The van der Waals surface area contributed by atoms with E-state index in [1.807, 2.05) is 0 Å². The second-order valence-corrected chi connectivity index (χ2v) is 9.37. The maximum atomic E-state index is 14.2. The van der Waals surface area contributed by atoms with Crippen LogP contribution in [-0.4, -0.2) is 61.9 Å². The molecule has 4 N–H and O–H groups in total. The zero-order valence-corrected chi connectivity index (χ0v) is 20.0. The van der Waals surface area contributed by atoms with Gasteiger partial charge < -0.3 is 20.7 Å². The lowest BCUT2D eigenvalue weighted by Gasteiger charge is -2.31. The molecule has 33 heavy (non-hydrogen) atoms. The quantitative estimate of drug-likeness (QED) is 0.502. The minimum atomic E-state index is -0.425. The third-order valence-corrected chi connectivity index (χ3v) is 6.96. The molecule has 1 aliphatic carbocycles. The van der Waals surface area contributed by atoms with Crippen LogP contribution in [0.4, 0.5) is 10.1 Å². The number of methoxy groups -OCH3 is 1. The van der Waals surface area contributed by atoms with Crippen LogP contribution >= 0.6 is 0 Å². The lowest BCUT2D eigenvalue weighted by Crippen LogP contribution is -2.56. The van der Waals surface area contributed by atoms with Crippen molar-refractivity contribution in [1.82, 2.24) is 20.9 Å². The Morgan fingerprint density at radius 1 is 1.21 bits per heavy atom. The van der Waals surface area contributed by atoms with Crippen molar-refractivity contribution < 1.29 is 9.13 Å². The number of benzene rings is 1. The highest BCUT2D eigenvalue weighted by molar-refractivity contribution is 6.03. The molecular weight excluding hydrogens is 421 g/mol. The fourth-order valence-electron chi connectivity index (χ4n) is 4.94. The van der Waals surface area contributed by atoms with E-state index in [1.165, 1.54) is 38.9 Å². The van der Waals surface area contributed by atoms with Crippen molar-refractivity contribution in [2.75, 3.05) is 32.1 Å². The first kappa shape index (κ1) is 23.8. The molecule has 4 rings (SSSR count). The number of ether oxygens (including phenoxy) is 1. The molecule has 1 aromatic rings. The van der Waals surface area contributed by atoms with E-state index in [-0.39, 0.29) is 12.0 Å². The van der Waals surface area contributed by atoms with Gasteiger partial charge in [-0.2, -0.15) is 4.99 Å². The largest absolute Gasteiger partial charge is 0.494 e. The number of aliphatic imine (C=N–C) groups is 2. The van der Waals surface area contributed by atoms with Crippen LogP contribution in [-0.2, 0) is 0 Å². The lowest BCUT2D eigenvalue weighted by atomic mass is 9.87. The molecule has 182 valence electrons. The van der Waals surface area contributed by atoms with Gasteiger partial charge in [-0.1, -0.05) is 13.8 Å². The summed E-state index contributed by atoms with van der Waals surface area (Å²) in [5.41, 5.74) is 0.579. The van der Waals surface area contributed by atoms with E-state index in [4.69, 9.17) is 9.73 Å². The number of hydrogen-bond donors (Lipinski definition) is 4. The molecule has 2 fully saturated rings. The summed E-state index contributed by atoms with van der Waals surface area (Å²) in [4.78, 5) is 11.9. The molecular formula is C24H38FN7O. The summed E-state index contributed by atoms with van der Waals surface area (Å²) >= 11 is 0. The number of guanidine groups is 2. The van der Waals surface area contributed by atoms with Gasteiger partial charge in [0.2, 0.25) is 11.9 Å². The molecule has 0 bridgehead atoms. The molecule has 0 spiro atoms. The Bertz CT molecular complexity index is 853. The van der Waals surface area contributed by atoms with Gasteiger partial charge in [-0.3, -0.25) is 10.2 Å². The van der Waals surface area contributed by atoms with Gasteiger partial charge in [-0.15, -0.1) is 0 Å². The van der Waals surface area contributed by atoms with E-state index < -0.39 is 5.82 Å². The van der Waals surface area contributed by atoms with Gasteiger partial charge >= 0.3 is 0 Å². The number of anilines is 1. The molecule has 1 aromatic carbocycles. The van der Waals surface area contributed by atoms with Gasteiger partial charge in [0.1, 0.15) is 0 Å². The minimum absolute atomic E-state index is 0.210. The predicted molar refractivity (Wildman–Crippen MR) is 131 cm³/mol. The molecule has 8 nitrogen and oxygen atoms in total. The van der Waals surface area contributed by atoms with Crippen LogP contribution in [0.5, 0.6) is 5.75 Å². The number of likely N-dealkylation sites (tertiary alicyclic amines) is 1. The molecule has 2 unspecified atom stereocenters. The predicted octanol–water partition coefficient (Wildman–Crippen LogP) is 3.09. The van der Waals surface area contributed by atoms with E-state index in [1.54, 1.807) is 12.1 Å². The van der Waals surface area contributed by atoms with Crippen LogP contribution in [0.1, 0.15) is 52.4 Å². The SMILES string of the molecule is CCN1CCCC1CNC1N=C(Nc2ccc(OC)c(F)c2)N=C(NC2CCC(C)CC2)N1. The van der Waals surface area contributed by atoms with Gasteiger partial charge in [0.05, 0.1) is 7.11 Å². The standard InChI is InChI=1S/C24H38FN7O/c1-4-32-13-5-6-19(32)15-26-22-29-23(27-17-9-7-16(2)8-10-17)31-24(30-22)28-18-11-12-21(33-3)20(25)14-18/h11-12,14,16-17,19,22,26H,4-10,13,15H2,1-3H3,(H3,27,28,29,30,31). The van der Waals surface area contributed by atoms with E-state index in [9.17, 15) is 4.39 Å². The second kappa shape index (κ2) is 11.2. The Morgan fingerprint density at radius 3 is 2.76 bits per heavy atom. The van der Waals surface area contributed by atoms with E-state index in [0.29, 0.717) is 29.7 Å². The van der Waals surface area contributed by atoms with Crippen molar-refractivity contribution in [2.24, 2.45) is 15.9 Å². The summed E-state index contributed by atoms with van der Waals surface area (Å²) in [6, 6.07) is 5.68. The highest BCUT2D eigenvalue weighted by Gasteiger charge is 2.26. The molecule has 1 saturated carbocycles. The van der Waals surface area contributed by atoms with Crippen molar-refractivity contribution in [1.29, 1.82) is 0 Å². The Balaban J connectivity index is 1.45. The Labute approximate surface area is 196 Å². The summed E-state index contributed by atoms with van der Waals surface area (Å²) in [7, 11) is 1.46. The molecule has 0 radical (unpaired) electrons. The summed E-state index contributed by atoms with van der Waals surface area (Å²) in [6.07, 6.45) is 6.86. The van der Waals surface area contributed by atoms with Gasteiger partial charge in [0, 0.05) is 30.4 Å². The first-order valence-corrected chi connectivity index (χ1v) is 12.3. The maximum Gasteiger partial charge on any atom is 0.229 e. The van der Waals surface area contributed by atoms with Crippen molar-refractivity contribution in [3.05, 3.63) is 24.0 Å². The van der Waals surface area contributed by atoms with Crippen LogP contribution in [0.25, 0.3) is 0 Å². The number of likely N-dealkylation sites (N-methyl/N-ethyl adjacent to an activating group) is 1. The fraction of sp³-hybridized carbons (Fsp3) is 0.667. The highest BCUT2D eigenvalue weighted by atomic mass is 19.1. The van der Waals surface area contributed by atoms with Gasteiger partial charge in [0.25, 0.3) is 0 Å². The van der Waals surface area contributed by atoms with Gasteiger partial charge in [0.15, 0.2) is 17.9 Å². The van der Waals surface area contributed by atoms with Crippen molar-refractivity contribution in [3.8, 4) is 5.75 Å². The average Bonchev–Trinajstić information content (AvgIpc) is 3.27.